The predicted octanol–water partition coefficient (Wildman–Crippen LogP) is 3.05. The molecule has 1 aliphatic heterocycles. The Balaban J connectivity index is 0.00000363. The van der Waals surface area contributed by atoms with E-state index in [0.717, 1.165) is 42.3 Å². The van der Waals surface area contributed by atoms with Crippen LogP contribution in [0, 0.1) is 6.92 Å². The van der Waals surface area contributed by atoms with Crippen LogP contribution in [-0.4, -0.2) is 51.8 Å². The maximum Gasteiger partial charge on any atom is 0.251 e. The van der Waals surface area contributed by atoms with E-state index in [1.54, 1.807) is 14.1 Å². The van der Waals surface area contributed by atoms with Gasteiger partial charge >= 0.3 is 0 Å². The van der Waals surface area contributed by atoms with Gasteiger partial charge in [-0.2, -0.15) is 0 Å². The molecule has 174 valence electrons. The molecule has 1 saturated heterocycles. The number of carbonyl (C=O) groups excluding carboxylic acids is 1. The van der Waals surface area contributed by atoms with Crippen molar-refractivity contribution in [2.75, 3.05) is 33.9 Å². The van der Waals surface area contributed by atoms with Crippen molar-refractivity contribution >= 4 is 35.8 Å². The quantitative estimate of drug-likeness (QED) is 0.267. The van der Waals surface area contributed by atoms with Gasteiger partial charge in [0.2, 0.25) is 0 Å². The van der Waals surface area contributed by atoms with Crippen molar-refractivity contribution in [2.45, 2.75) is 32.4 Å². The summed E-state index contributed by atoms with van der Waals surface area (Å²) < 4.78 is 11.6. The van der Waals surface area contributed by atoms with Gasteiger partial charge in [0, 0.05) is 44.7 Å². The Hall–Kier alpha value is -2.33. The SMILES string of the molecule is CN=C(NCCc1cccc(C(=O)NC)c1)NCc1ccc(C)cc1OC1CCOC1.I. The smallest absolute Gasteiger partial charge is 0.251 e. The number of carbonyl (C=O) groups is 1. The van der Waals surface area contributed by atoms with Crippen LogP contribution >= 0.6 is 24.0 Å². The lowest BCUT2D eigenvalue weighted by molar-refractivity contribution is 0.0963. The fraction of sp³-hybridized carbons (Fsp3) is 0.417. The number of guanidine groups is 1. The number of hydrogen-bond acceptors (Lipinski definition) is 4. The number of amides is 1. The van der Waals surface area contributed by atoms with Gasteiger partial charge in [-0.1, -0.05) is 24.3 Å². The zero-order valence-electron chi connectivity index (χ0n) is 18.9. The summed E-state index contributed by atoms with van der Waals surface area (Å²) in [6, 6.07) is 13.9. The molecular formula is C24H33IN4O3. The highest BCUT2D eigenvalue weighted by Crippen LogP contribution is 2.23. The molecule has 1 amide bonds. The van der Waals surface area contributed by atoms with Crippen molar-refractivity contribution in [2.24, 2.45) is 4.99 Å². The summed E-state index contributed by atoms with van der Waals surface area (Å²) in [5.41, 5.74) is 4.01. The van der Waals surface area contributed by atoms with Crippen molar-refractivity contribution < 1.29 is 14.3 Å². The lowest BCUT2D eigenvalue weighted by Crippen LogP contribution is -2.38. The van der Waals surface area contributed by atoms with Gasteiger partial charge in [0.1, 0.15) is 11.9 Å². The Morgan fingerprint density at radius 3 is 2.78 bits per heavy atom. The minimum atomic E-state index is -0.0763. The number of halogens is 1. The third kappa shape index (κ3) is 7.67. The predicted molar refractivity (Wildman–Crippen MR) is 138 cm³/mol. The van der Waals surface area contributed by atoms with Crippen molar-refractivity contribution in [3.63, 3.8) is 0 Å². The van der Waals surface area contributed by atoms with E-state index in [2.05, 4.69) is 46.1 Å². The van der Waals surface area contributed by atoms with E-state index in [-0.39, 0.29) is 36.0 Å². The zero-order chi connectivity index (χ0) is 22.1. The third-order valence-corrected chi connectivity index (χ3v) is 5.20. The van der Waals surface area contributed by atoms with Crippen LogP contribution in [0.4, 0.5) is 0 Å². The normalized spacial score (nSPS) is 15.6. The molecule has 8 heteroatoms. The fourth-order valence-corrected chi connectivity index (χ4v) is 3.44. The number of benzene rings is 2. The molecule has 2 aromatic rings. The van der Waals surface area contributed by atoms with Crippen LogP contribution in [0.1, 0.15) is 33.5 Å². The third-order valence-electron chi connectivity index (χ3n) is 5.20. The molecule has 0 aliphatic carbocycles. The summed E-state index contributed by atoms with van der Waals surface area (Å²) >= 11 is 0. The van der Waals surface area contributed by atoms with Gasteiger partial charge in [-0.15, -0.1) is 24.0 Å². The first kappa shape index (κ1) is 25.9. The Bertz CT molecular complexity index is 914. The first-order valence-corrected chi connectivity index (χ1v) is 10.7. The van der Waals surface area contributed by atoms with Gasteiger partial charge in [-0.05, 0) is 42.7 Å². The average Bonchev–Trinajstić information content (AvgIpc) is 3.30. The van der Waals surface area contributed by atoms with Crippen LogP contribution in [0.15, 0.2) is 47.5 Å². The van der Waals surface area contributed by atoms with Crippen molar-refractivity contribution in [3.05, 3.63) is 64.7 Å². The average molecular weight is 552 g/mol. The van der Waals surface area contributed by atoms with E-state index in [4.69, 9.17) is 9.47 Å². The first-order valence-electron chi connectivity index (χ1n) is 10.7. The zero-order valence-corrected chi connectivity index (χ0v) is 21.3. The van der Waals surface area contributed by atoms with Gasteiger partial charge < -0.3 is 25.4 Å². The minimum Gasteiger partial charge on any atom is -0.488 e. The van der Waals surface area contributed by atoms with Crippen LogP contribution in [0.3, 0.4) is 0 Å². The Morgan fingerprint density at radius 1 is 1.22 bits per heavy atom. The van der Waals surface area contributed by atoms with E-state index in [9.17, 15) is 4.79 Å². The maximum absolute atomic E-state index is 11.8. The van der Waals surface area contributed by atoms with Gasteiger partial charge in [0.05, 0.1) is 13.2 Å². The highest BCUT2D eigenvalue weighted by Gasteiger charge is 2.18. The summed E-state index contributed by atoms with van der Waals surface area (Å²) in [4.78, 5) is 16.1. The lowest BCUT2D eigenvalue weighted by Gasteiger charge is -2.18. The molecule has 2 aromatic carbocycles. The summed E-state index contributed by atoms with van der Waals surface area (Å²) in [7, 11) is 3.39. The molecule has 1 atom stereocenters. The summed E-state index contributed by atoms with van der Waals surface area (Å²) in [6.45, 7) is 4.77. The second-order valence-corrected chi connectivity index (χ2v) is 7.60. The molecular weight excluding hydrogens is 519 g/mol. The number of nitrogens with zero attached hydrogens (tertiary/aromatic N) is 1. The van der Waals surface area contributed by atoms with Gasteiger partial charge in [-0.3, -0.25) is 9.79 Å². The monoisotopic (exact) mass is 552 g/mol. The number of rotatable bonds is 8. The molecule has 7 nitrogen and oxygen atoms in total. The lowest BCUT2D eigenvalue weighted by atomic mass is 10.1. The van der Waals surface area contributed by atoms with E-state index in [1.807, 2.05) is 24.3 Å². The Kier molecular flexibility index (Phi) is 10.8. The van der Waals surface area contributed by atoms with E-state index >= 15 is 0 Å². The van der Waals surface area contributed by atoms with Gasteiger partial charge in [0.25, 0.3) is 5.91 Å². The maximum atomic E-state index is 11.8. The fourth-order valence-electron chi connectivity index (χ4n) is 3.44. The Morgan fingerprint density at radius 2 is 2.06 bits per heavy atom. The second kappa shape index (κ2) is 13.3. The number of aliphatic imine (C=N–C) groups is 1. The van der Waals surface area contributed by atoms with Gasteiger partial charge in [0.15, 0.2) is 5.96 Å². The number of ether oxygens (including phenoxy) is 2. The van der Waals surface area contributed by atoms with E-state index in [0.29, 0.717) is 25.3 Å². The molecule has 1 unspecified atom stereocenters. The summed E-state index contributed by atoms with van der Waals surface area (Å²) in [5, 5.41) is 9.35. The molecule has 0 aromatic heterocycles. The topological polar surface area (TPSA) is 84.0 Å². The standard InChI is InChI=1S/C24H32N4O3.HI/c1-17-7-8-20(22(13-17)31-21-10-12-30-16-21)15-28-24(26-3)27-11-9-18-5-4-6-19(14-18)23(29)25-2;/h4-8,13-14,21H,9-12,15-16H2,1-3H3,(H,25,29)(H2,26,27,28);1H. The van der Waals surface area contributed by atoms with Crippen molar-refractivity contribution in [1.82, 2.24) is 16.0 Å². The molecule has 3 N–H and O–H groups in total. The molecule has 0 saturated carbocycles. The summed E-state index contributed by atoms with van der Waals surface area (Å²) in [6.07, 6.45) is 1.82. The number of aryl methyl sites for hydroxylation is 1. The van der Waals surface area contributed by atoms with Crippen LogP contribution in [-0.2, 0) is 17.7 Å². The minimum absolute atomic E-state index is 0. The molecule has 32 heavy (non-hydrogen) atoms. The molecule has 3 rings (SSSR count). The van der Waals surface area contributed by atoms with Crippen LogP contribution < -0.4 is 20.7 Å². The number of nitrogens with one attached hydrogen (secondary N) is 3. The highest BCUT2D eigenvalue weighted by atomic mass is 127. The molecule has 1 fully saturated rings. The van der Waals surface area contributed by atoms with E-state index < -0.39 is 0 Å². The largest absolute Gasteiger partial charge is 0.488 e. The highest BCUT2D eigenvalue weighted by molar-refractivity contribution is 14.0. The van der Waals surface area contributed by atoms with Crippen molar-refractivity contribution in [1.29, 1.82) is 0 Å². The number of hydrogen-bond donors (Lipinski definition) is 3. The second-order valence-electron chi connectivity index (χ2n) is 7.60. The van der Waals surface area contributed by atoms with Crippen LogP contribution in [0.25, 0.3) is 0 Å². The molecule has 0 spiro atoms. The van der Waals surface area contributed by atoms with Crippen LogP contribution in [0.2, 0.25) is 0 Å². The van der Waals surface area contributed by atoms with Crippen molar-refractivity contribution in [3.8, 4) is 5.75 Å². The first-order chi connectivity index (χ1) is 15.1. The summed E-state index contributed by atoms with van der Waals surface area (Å²) in [5.74, 6) is 1.54. The molecule has 0 bridgehead atoms. The van der Waals surface area contributed by atoms with Crippen LogP contribution in [0.5, 0.6) is 5.75 Å². The van der Waals surface area contributed by atoms with E-state index in [1.165, 1.54) is 5.56 Å². The molecule has 0 radical (unpaired) electrons. The molecule has 1 heterocycles. The van der Waals surface area contributed by atoms with Gasteiger partial charge in [-0.25, -0.2) is 0 Å². The Labute approximate surface area is 207 Å². The molecule has 1 aliphatic rings.